The maximum Gasteiger partial charge on any atom is 0.573 e. The fourth-order valence-electron chi connectivity index (χ4n) is 1.09. The minimum Gasteiger partial charge on any atom is -0.406 e. The van der Waals surface area contributed by atoms with Crippen molar-refractivity contribution in [1.29, 1.82) is 0 Å². The molecule has 1 rings (SSSR count). The monoisotopic (exact) mass is 230 g/mol. The summed E-state index contributed by atoms with van der Waals surface area (Å²) in [7, 11) is 0. The molecule has 0 bridgehead atoms. The quantitative estimate of drug-likeness (QED) is 0.588. The molecule has 0 saturated heterocycles. The van der Waals surface area contributed by atoms with Crippen LogP contribution < -0.4 is 4.74 Å². The van der Waals surface area contributed by atoms with Crippen LogP contribution in [0.1, 0.15) is 17.3 Å². The van der Waals surface area contributed by atoms with E-state index >= 15 is 0 Å². The number of rotatable bonds is 3. The molecule has 0 aliphatic carbocycles. The minimum atomic E-state index is -4.75. The van der Waals surface area contributed by atoms with Crippen molar-refractivity contribution in [3.8, 4) is 5.75 Å². The first kappa shape index (κ1) is 12.3. The van der Waals surface area contributed by atoms with Crippen LogP contribution in [0.2, 0.25) is 0 Å². The maximum absolute atomic E-state index is 11.9. The predicted molar refractivity (Wildman–Crippen MR) is 52.3 cm³/mol. The van der Waals surface area contributed by atoms with Crippen LogP contribution >= 0.6 is 0 Å². The number of carbonyl (C=O) groups is 1. The lowest BCUT2D eigenvalue weighted by Gasteiger charge is -2.08. The molecule has 0 fully saturated rings. The summed E-state index contributed by atoms with van der Waals surface area (Å²) in [5, 5.41) is 0. The Labute approximate surface area is 90.3 Å². The lowest BCUT2D eigenvalue weighted by atomic mass is 10.1. The molecule has 0 atom stereocenters. The number of benzene rings is 1. The van der Waals surface area contributed by atoms with Gasteiger partial charge >= 0.3 is 6.36 Å². The summed E-state index contributed by atoms with van der Waals surface area (Å²) >= 11 is 0. The molecule has 0 heterocycles. The first-order valence-electron chi connectivity index (χ1n) is 4.45. The van der Waals surface area contributed by atoms with Crippen LogP contribution in [0, 0.1) is 0 Å². The molecule has 0 aromatic heterocycles. The fraction of sp³-hybridized carbons (Fsp3) is 0.182. The summed E-state index contributed by atoms with van der Waals surface area (Å²) in [4.78, 5) is 11.3. The summed E-state index contributed by atoms with van der Waals surface area (Å²) in [5.74, 6) is -0.766. The second-order valence-corrected chi connectivity index (χ2v) is 2.94. The van der Waals surface area contributed by atoms with Gasteiger partial charge in [0.05, 0.1) is 0 Å². The van der Waals surface area contributed by atoms with Gasteiger partial charge in [-0.25, -0.2) is 0 Å². The molecule has 2 nitrogen and oxygen atoms in total. The summed E-state index contributed by atoms with van der Waals surface area (Å²) in [5.41, 5.74) is 0.153. The van der Waals surface area contributed by atoms with Crippen molar-refractivity contribution < 1.29 is 22.7 Å². The number of alkyl halides is 3. The number of halogens is 3. The Kier molecular flexibility index (Phi) is 3.71. The Hall–Kier alpha value is -1.78. The van der Waals surface area contributed by atoms with Gasteiger partial charge < -0.3 is 4.74 Å². The van der Waals surface area contributed by atoms with Crippen LogP contribution in [0.25, 0.3) is 0 Å². The highest BCUT2D eigenvalue weighted by Crippen LogP contribution is 2.23. The summed E-state index contributed by atoms with van der Waals surface area (Å²) in [6.45, 7) is 1.65. The number of allylic oxidation sites excluding steroid dienone is 2. The Balaban J connectivity index is 2.91. The molecule has 5 heteroatoms. The van der Waals surface area contributed by atoms with Crippen molar-refractivity contribution in [2.24, 2.45) is 0 Å². The highest BCUT2D eigenvalue weighted by molar-refractivity contribution is 6.04. The standard InChI is InChI=1S/C11H9F3O2/c1-2-4-10(15)8-5-3-6-9(7-8)16-11(12,13)14/h2-7H,1H3/b4-2+. The van der Waals surface area contributed by atoms with Gasteiger partial charge in [-0.05, 0) is 25.1 Å². The van der Waals surface area contributed by atoms with Gasteiger partial charge in [0, 0.05) is 5.56 Å². The van der Waals surface area contributed by atoms with E-state index in [0.29, 0.717) is 0 Å². The van der Waals surface area contributed by atoms with Crippen LogP contribution in [0.3, 0.4) is 0 Å². The summed E-state index contributed by atoms with van der Waals surface area (Å²) < 4.78 is 39.4. The normalized spacial score (nSPS) is 11.8. The highest BCUT2D eigenvalue weighted by atomic mass is 19.4. The van der Waals surface area contributed by atoms with E-state index in [1.165, 1.54) is 24.3 Å². The number of ketones is 1. The Bertz CT molecular complexity index is 408. The zero-order chi connectivity index (χ0) is 12.2. The molecule has 1 aromatic carbocycles. The molecule has 86 valence electrons. The van der Waals surface area contributed by atoms with Gasteiger partial charge in [0.2, 0.25) is 0 Å². The second-order valence-electron chi connectivity index (χ2n) is 2.94. The first-order chi connectivity index (χ1) is 7.42. The average Bonchev–Trinajstić information content (AvgIpc) is 2.16. The summed E-state index contributed by atoms with van der Waals surface area (Å²) in [6.07, 6.45) is -1.96. The van der Waals surface area contributed by atoms with Crippen molar-refractivity contribution in [1.82, 2.24) is 0 Å². The molecule has 0 N–H and O–H groups in total. The fourth-order valence-corrected chi connectivity index (χ4v) is 1.09. The molecule has 0 amide bonds. The van der Waals surface area contributed by atoms with Gasteiger partial charge in [-0.1, -0.05) is 18.2 Å². The molecule has 0 radical (unpaired) electrons. The van der Waals surface area contributed by atoms with Gasteiger partial charge in [0.25, 0.3) is 0 Å². The van der Waals surface area contributed by atoms with E-state index in [9.17, 15) is 18.0 Å². The van der Waals surface area contributed by atoms with E-state index in [1.807, 2.05) is 0 Å². The molecular formula is C11H9F3O2. The number of ether oxygens (including phenoxy) is 1. The third-order valence-corrected chi connectivity index (χ3v) is 1.67. The molecule has 16 heavy (non-hydrogen) atoms. The smallest absolute Gasteiger partial charge is 0.406 e. The van der Waals surface area contributed by atoms with Crippen LogP contribution in [0.5, 0.6) is 5.75 Å². The van der Waals surface area contributed by atoms with E-state index in [-0.39, 0.29) is 11.3 Å². The van der Waals surface area contributed by atoms with E-state index in [1.54, 1.807) is 6.92 Å². The zero-order valence-corrected chi connectivity index (χ0v) is 8.41. The van der Waals surface area contributed by atoms with Gasteiger partial charge in [-0.2, -0.15) is 0 Å². The zero-order valence-electron chi connectivity index (χ0n) is 8.41. The molecule has 0 saturated carbocycles. The third kappa shape index (κ3) is 3.76. The lowest BCUT2D eigenvalue weighted by Crippen LogP contribution is -2.17. The molecule has 0 unspecified atom stereocenters. The molecule has 1 aromatic rings. The topological polar surface area (TPSA) is 26.3 Å². The minimum absolute atomic E-state index is 0.153. The van der Waals surface area contributed by atoms with Crippen molar-refractivity contribution >= 4 is 5.78 Å². The van der Waals surface area contributed by atoms with Crippen molar-refractivity contribution in [2.75, 3.05) is 0 Å². The second kappa shape index (κ2) is 4.83. The van der Waals surface area contributed by atoms with E-state index < -0.39 is 12.1 Å². The molecule has 0 aliphatic heterocycles. The van der Waals surface area contributed by atoms with E-state index in [0.717, 1.165) is 12.1 Å². The van der Waals surface area contributed by atoms with Gasteiger partial charge in [-0.15, -0.1) is 13.2 Å². The largest absolute Gasteiger partial charge is 0.573 e. The predicted octanol–water partition coefficient (Wildman–Crippen LogP) is 3.34. The average molecular weight is 230 g/mol. The van der Waals surface area contributed by atoms with Gasteiger partial charge in [0.1, 0.15) is 5.75 Å². The van der Waals surface area contributed by atoms with E-state index in [2.05, 4.69) is 4.74 Å². The van der Waals surface area contributed by atoms with Crippen LogP contribution in [0.4, 0.5) is 13.2 Å². The van der Waals surface area contributed by atoms with Crippen molar-refractivity contribution in [2.45, 2.75) is 13.3 Å². The van der Waals surface area contributed by atoms with Gasteiger partial charge in [0.15, 0.2) is 5.78 Å². The van der Waals surface area contributed by atoms with Crippen LogP contribution in [0.15, 0.2) is 36.4 Å². The Morgan fingerprint density at radius 2 is 2.06 bits per heavy atom. The molecular weight excluding hydrogens is 221 g/mol. The number of hydrogen-bond donors (Lipinski definition) is 0. The highest BCUT2D eigenvalue weighted by Gasteiger charge is 2.31. The first-order valence-corrected chi connectivity index (χ1v) is 4.45. The van der Waals surface area contributed by atoms with Gasteiger partial charge in [-0.3, -0.25) is 4.79 Å². The van der Waals surface area contributed by atoms with Crippen molar-refractivity contribution in [3.63, 3.8) is 0 Å². The van der Waals surface area contributed by atoms with Crippen molar-refractivity contribution in [3.05, 3.63) is 42.0 Å². The molecule has 0 aliphatic rings. The maximum atomic E-state index is 11.9. The summed E-state index contributed by atoms with van der Waals surface area (Å²) in [6, 6.07) is 4.94. The lowest BCUT2D eigenvalue weighted by molar-refractivity contribution is -0.274. The SMILES string of the molecule is C/C=C/C(=O)c1cccc(OC(F)(F)F)c1. The van der Waals surface area contributed by atoms with E-state index in [4.69, 9.17) is 0 Å². The number of hydrogen-bond acceptors (Lipinski definition) is 2. The number of carbonyl (C=O) groups excluding carboxylic acids is 1. The molecule has 0 spiro atoms. The third-order valence-electron chi connectivity index (χ3n) is 1.67. The van der Waals surface area contributed by atoms with Crippen LogP contribution in [-0.2, 0) is 0 Å². The Morgan fingerprint density at radius 3 is 2.62 bits per heavy atom. The van der Waals surface area contributed by atoms with Crippen LogP contribution in [-0.4, -0.2) is 12.1 Å². The Morgan fingerprint density at radius 1 is 1.38 bits per heavy atom.